The first-order valence-corrected chi connectivity index (χ1v) is 9.33. The molecule has 27 heavy (non-hydrogen) atoms. The van der Waals surface area contributed by atoms with Crippen LogP contribution in [0.15, 0.2) is 42.7 Å². The lowest BCUT2D eigenvalue weighted by Gasteiger charge is -2.14. The second-order valence-corrected chi connectivity index (χ2v) is 7.06. The molecule has 1 amide bonds. The van der Waals surface area contributed by atoms with Gasteiger partial charge >= 0.3 is 0 Å². The van der Waals surface area contributed by atoms with E-state index in [1.165, 1.54) is 12.8 Å². The number of aromatic nitrogens is 4. The van der Waals surface area contributed by atoms with E-state index in [1.54, 1.807) is 0 Å². The number of pyridine rings is 1. The monoisotopic (exact) mass is 360 g/mol. The van der Waals surface area contributed by atoms with Crippen molar-refractivity contribution in [3.8, 4) is 11.5 Å². The first kappa shape index (κ1) is 16.0. The summed E-state index contributed by atoms with van der Waals surface area (Å²) in [7, 11) is 0. The van der Waals surface area contributed by atoms with E-state index in [4.69, 9.17) is 4.98 Å². The summed E-state index contributed by atoms with van der Waals surface area (Å²) >= 11 is 0. The highest BCUT2D eigenvalue weighted by molar-refractivity contribution is 6.04. The molecule has 5 rings (SSSR count). The number of carbonyl (C=O) groups excluding carboxylic acids is 1. The van der Waals surface area contributed by atoms with Crippen molar-refractivity contribution in [2.24, 2.45) is 0 Å². The molecule has 3 aromatic rings. The zero-order valence-corrected chi connectivity index (χ0v) is 14.9. The Morgan fingerprint density at radius 3 is 2.85 bits per heavy atom. The minimum absolute atomic E-state index is 0.0507. The summed E-state index contributed by atoms with van der Waals surface area (Å²) in [6.45, 7) is 0.571. The second kappa shape index (κ2) is 6.50. The molecule has 2 aliphatic rings. The lowest BCUT2D eigenvalue weighted by molar-refractivity contribution is 0.0966. The maximum Gasteiger partial charge on any atom is 0.254 e. The van der Waals surface area contributed by atoms with Gasteiger partial charge < -0.3 is 15.2 Å². The van der Waals surface area contributed by atoms with Crippen molar-refractivity contribution in [2.75, 3.05) is 5.32 Å². The Morgan fingerprint density at radius 1 is 1.11 bits per heavy atom. The molecule has 7 heteroatoms. The summed E-state index contributed by atoms with van der Waals surface area (Å²) < 4.78 is 2.15. The third-order valence-electron chi connectivity index (χ3n) is 5.35. The molecule has 0 atom stereocenters. The molecule has 0 spiro atoms. The average Bonchev–Trinajstić information content (AvgIpc) is 3.43. The predicted octanol–water partition coefficient (Wildman–Crippen LogP) is 3.44. The van der Waals surface area contributed by atoms with Crippen LogP contribution >= 0.6 is 0 Å². The number of fused-ring (bicyclic) bond motifs is 1. The van der Waals surface area contributed by atoms with E-state index in [0.29, 0.717) is 24.0 Å². The lowest BCUT2D eigenvalue weighted by Crippen LogP contribution is -2.13. The van der Waals surface area contributed by atoms with Crippen molar-refractivity contribution in [3.63, 3.8) is 0 Å². The molecule has 3 heterocycles. The molecule has 0 saturated heterocycles. The normalized spacial score (nSPS) is 16.4. The fourth-order valence-corrected chi connectivity index (χ4v) is 4.03. The number of hydrogen-bond donors (Lipinski definition) is 2. The van der Waals surface area contributed by atoms with Gasteiger partial charge in [0.05, 0.1) is 11.3 Å². The molecule has 1 saturated carbocycles. The largest absolute Gasteiger partial charge is 0.348 e. The van der Waals surface area contributed by atoms with Gasteiger partial charge in [-0.1, -0.05) is 31.0 Å². The maximum absolute atomic E-state index is 12.1. The Hall–Kier alpha value is -3.22. The van der Waals surface area contributed by atoms with Gasteiger partial charge in [0.25, 0.3) is 5.91 Å². The average molecular weight is 360 g/mol. The van der Waals surface area contributed by atoms with Crippen LogP contribution in [0, 0.1) is 0 Å². The third-order valence-corrected chi connectivity index (χ3v) is 5.35. The number of nitrogens with one attached hydrogen (secondary N) is 2. The van der Waals surface area contributed by atoms with Crippen LogP contribution in [-0.4, -0.2) is 25.7 Å². The van der Waals surface area contributed by atoms with Crippen LogP contribution < -0.4 is 10.6 Å². The molecule has 1 aliphatic heterocycles. The topological polar surface area (TPSA) is 84.7 Å². The number of anilines is 2. The van der Waals surface area contributed by atoms with Gasteiger partial charge in [-0.05, 0) is 36.6 Å². The van der Waals surface area contributed by atoms with Gasteiger partial charge in [-0.2, -0.15) is 0 Å². The predicted molar refractivity (Wildman–Crippen MR) is 102 cm³/mol. The van der Waals surface area contributed by atoms with Gasteiger partial charge in [0.15, 0.2) is 5.82 Å². The van der Waals surface area contributed by atoms with Crippen LogP contribution in [-0.2, 0) is 6.54 Å². The van der Waals surface area contributed by atoms with Crippen LogP contribution in [0.4, 0.5) is 11.5 Å². The molecule has 2 aromatic heterocycles. The highest BCUT2D eigenvalue weighted by Gasteiger charge is 2.23. The summed E-state index contributed by atoms with van der Waals surface area (Å²) in [5, 5.41) is 14.6. The van der Waals surface area contributed by atoms with Crippen molar-refractivity contribution in [3.05, 3.63) is 53.9 Å². The van der Waals surface area contributed by atoms with Gasteiger partial charge in [0.2, 0.25) is 0 Å². The van der Waals surface area contributed by atoms with Crippen molar-refractivity contribution in [2.45, 2.75) is 38.3 Å². The molecule has 1 fully saturated rings. The standard InChI is InChI=1S/C20H20N6O/c27-20-18-13(11-21-20)5-3-8-15(18)23-17-10-4-9-16(24-17)19-25-22-12-26(19)14-6-1-2-7-14/h3-5,8-10,12,14H,1-2,6-7,11H2,(H,21,27)(H,23,24). The summed E-state index contributed by atoms with van der Waals surface area (Å²) in [6.07, 6.45) is 6.63. The minimum atomic E-state index is -0.0507. The van der Waals surface area contributed by atoms with E-state index >= 15 is 0 Å². The molecule has 0 unspecified atom stereocenters. The zero-order chi connectivity index (χ0) is 18.2. The van der Waals surface area contributed by atoms with Crippen molar-refractivity contribution in [1.29, 1.82) is 0 Å². The molecule has 7 nitrogen and oxygen atoms in total. The minimum Gasteiger partial charge on any atom is -0.348 e. The van der Waals surface area contributed by atoms with E-state index in [1.807, 2.05) is 42.7 Å². The highest BCUT2D eigenvalue weighted by atomic mass is 16.1. The highest BCUT2D eigenvalue weighted by Crippen LogP contribution is 2.32. The molecule has 0 bridgehead atoms. The number of rotatable bonds is 4. The molecule has 0 radical (unpaired) electrons. The summed E-state index contributed by atoms with van der Waals surface area (Å²) in [5.41, 5.74) is 3.24. The smallest absolute Gasteiger partial charge is 0.254 e. The van der Waals surface area contributed by atoms with Crippen molar-refractivity contribution >= 4 is 17.4 Å². The SMILES string of the molecule is O=C1NCc2cccc(Nc3cccc(-c4nncn4C4CCCC4)n3)c21. The number of carbonyl (C=O) groups is 1. The van der Waals surface area contributed by atoms with Gasteiger partial charge in [-0.15, -0.1) is 10.2 Å². The van der Waals surface area contributed by atoms with Crippen molar-refractivity contribution in [1.82, 2.24) is 25.1 Å². The molecule has 1 aromatic carbocycles. The van der Waals surface area contributed by atoms with E-state index in [-0.39, 0.29) is 5.91 Å². The van der Waals surface area contributed by atoms with Gasteiger partial charge in [-0.25, -0.2) is 4.98 Å². The second-order valence-electron chi connectivity index (χ2n) is 7.06. The lowest BCUT2D eigenvalue weighted by atomic mass is 10.1. The molecule has 2 N–H and O–H groups in total. The first-order valence-electron chi connectivity index (χ1n) is 9.33. The molecular weight excluding hydrogens is 340 g/mol. The van der Waals surface area contributed by atoms with Crippen LogP contribution in [0.2, 0.25) is 0 Å². The quantitative estimate of drug-likeness (QED) is 0.744. The maximum atomic E-state index is 12.1. The fourth-order valence-electron chi connectivity index (χ4n) is 4.03. The van der Waals surface area contributed by atoms with E-state index in [0.717, 1.165) is 35.6 Å². The van der Waals surface area contributed by atoms with Gasteiger partial charge in [0, 0.05) is 12.6 Å². The Balaban J connectivity index is 1.47. The Bertz CT molecular complexity index is 1010. The van der Waals surface area contributed by atoms with Crippen LogP contribution in [0.5, 0.6) is 0 Å². The van der Waals surface area contributed by atoms with E-state index in [9.17, 15) is 4.79 Å². The zero-order valence-electron chi connectivity index (χ0n) is 14.9. The van der Waals surface area contributed by atoms with E-state index in [2.05, 4.69) is 25.4 Å². The number of amides is 1. The van der Waals surface area contributed by atoms with Gasteiger partial charge in [-0.3, -0.25) is 4.79 Å². The fraction of sp³-hybridized carbons (Fsp3) is 0.300. The Labute approximate surface area is 156 Å². The van der Waals surface area contributed by atoms with Gasteiger partial charge in [0.1, 0.15) is 17.8 Å². The van der Waals surface area contributed by atoms with Crippen LogP contribution in [0.3, 0.4) is 0 Å². The number of nitrogens with zero attached hydrogens (tertiary/aromatic N) is 4. The summed E-state index contributed by atoms with van der Waals surface area (Å²) in [6, 6.07) is 12.1. The van der Waals surface area contributed by atoms with Crippen LogP contribution in [0.25, 0.3) is 11.5 Å². The molecule has 136 valence electrons. The first-order chi connectivity index (χ1) is 13.3. The Morgan fingerprint density at radius 2 is 1.96 bits per heavy atom. The Kier molecular flexibility index (Phi) is 3.85. The number of benzene rings is 1. The van der Waals surface area contributed by atoms with E-state index < -0.39 is 0 Å². The summed E-state index contributed by atoms with van der Waals surface area (Å²) in [4.78, 5) is 16.9. The summed E-state index contributed by atoms with van der Waals surface area (Å²) in [5.74, 6) is 1.42. The molecule has 1 aliphatic carbocycles. The van der Waals surface area contributed by atoms with Crippen LogP contribution in [0.1, 0.15) is 47.6 Å². The molecular formula is C20H20N6O. The number of hydrogen-bond acceptors (Lipinski definition) is 5. The third kappa shape index (κ3) is 2.85. The van der Waals surface area contributed by atoms with Crippen molar-refractivity contribution < 1.29 is 4.79 Å².